The molecular weight excluding hydrogens is 252 g/mol. The first-order valence-corrected chi connectivity index (χ1v) is 6.86. The van der Waals surface area contributed by atoms with Gasteiger partial charge in [0.15, 0.2) is 0 Å². The van der Waals surface area contributed by atoms with Crippen LogP contribution >= 0.6 is 0 Å². The number of esters is 1. The lowest BCUT2D eigenvalue weighted by Gasteiger charge is -2.20. The van der Waals surface area contributed by atoms with E-state index in [-0.39, 0.29) is 5.97 Å². The van der Waals surface area contributed by atoms with Crippen molar-refractivity contribution in [2.45, 2.75) is 19.9 Å². The molecule has 2 aromatic rings. The highest BCUT2D eigenvalue weighted by molar-refractivity contribution is 5.81. The number of ether oxygens (including phenoxy) is 1. The highest BCUT2D eigenvalue weighted by atomic mass is 16.5. The average molecular weight is 272 g/mol. The number of methoxy groups -OCH3 is 1. The maximum Gasteiger partial charge on any atom is 0.306 e. The topological polar surface area (TPSA) is 42.4 Å². The zero-order valence-electron chi connectivity index (χ0n) is 12.0. The summed E-state index contributed by atoms with van der Waals surface area (Å²) in [5.41, 5.74) is 2.25. The molecule has 1 aromatic heterocycles. The van der Waals surface area contributed by atoms with Crippen LogP contribution in [-0.2, 0) is 16.1 Å². The first-order chi connectivity index (χ1) is 9.74. The van der Waals surface area contributed by atoms with Crippen LogP contribution in [0, 0.1) is 0 Å². The number of fused-ring (bicyclic) bond motifs is 1. The van der Waals surface area contributed by atoms with E-state index >= 15 is 0 Å². The summed E-state index contributed by atoms with van der Waals surface area (Å²) in [6, 6.07) is 10.2. The fraction of sp³-hybridized carbons (Fsp3) is 0.375. The van der Waals surface area contributed by atoms with Crippen LogP contribution in [0.5, 0.6) is 0 Å². The Hall–Kier alpha value is -1.94. The fourth-order valence-electron chi connectivity index (χ4n) is 2.23. The smallest absolute Gasteiger partial charge is 0.306 e. The maximum absolute atomic E-state index is 11.2. The van der Waals surface area contributed by atoms with Gasteiger partial charge in [-0.2, -0.15) is 0 Å². The Balaban J connectivity index is 2.11. The number of para-hydroxylation sites is 1. The standard InChI is InChI=1S/C16H20N2O2/c1-3-18(11-9-16(19)20-2)12-13-8-10-17-15-7-5-4-6-14(13)15/h4-8,10H,3,9,11-12H2,1-2H3. The molecule has 1 heterocycles. The second kappa shape index (κ2) is 7.01. The summed E-state index contributed by atoms with van der Waals surface area (Å²) in [5.74, 6) is -0.164. The number of carbonyl (C=O) groups excluding carboxylic acids is 1. The molecule has 4 nitrogen and oxygen atoms in total. The molecule has 0 N–H and O–H groups in total. The Kier molecular flexibility index (Phi) is 5.07. The number of aromatic nitrogens is 1. The van der Waals surface area contributed by atoms with Gasteiger partial charge in [0.25, 0.3) is 0 Å². The molecule has 0 radical (unpaired) electrons. The van der Waals surface area contributed by atoms with Crippen molar-refractivity contribution in [3.05, 3.63) is 42.1 Å². The van der Waals surface area contributed by atoms with E-state index in [4.69, 9.17) is 0 Å². The monoisotopic (exact) mass is 272 g/mol. The van der Waals surface area contributed by atoms with Crippen LogP contribution < -0.4 is 0 Å². The van der Waals surface area contributed by atoms with E-state index in [1.54, 1.807) is 0 Å². The van der Waals surface area contributed by atoms with Crippen LogP contribution in [0.25, 0.3) is 10.9 Å². The number of rotatable bonds is 6. The molecule has 0 saturated heterocycles. The summed E-state index contributed by atoms with van der Waals surface area (Å²) >= 11 is 0. The third-order valence-electron chi connectivity index (χ3n) is 3.44. The molecule has 0 aliphatic heterocycles. The number of nitrogens with zero attached hydrogens (tertiary/aromatic N) is 2. The Morgan fingerprint density at radius 1 is 1.30 bits per heavy atom. The summed E-state index contributed by atoms with van der Waals surface area (Å²) in [7, 11) is 1.43. The molecule has 0 atom stereocenters. The van der Waals surface area contributed by atoms with E-state index < -0.39 is 0 Å². The second-order valence-electron chi connectivity index (χ2n) is 4.68. The minimum atomic E-state index is -0.164. The van der Waals surface area contributed by atoms with E-state index in [9.17, 15) is 4.79 Å². The predicted molar refractivity (Wildman–Crippen MR) is 79.3 cm³/mol. The third kappa shape index (κ3) is 3.54. The highest BCUT2D eigenvalue weighted by Crippen LogP contribution is 2.17. The van der Waals surface area contributed by atoms with Crippen molar-refractivity contribution >= 4 is 16.9 Å². The molecule has 0 amide bonds. The number of hydrogen-bond donors (Lipinski definition) is 0. The van der Waals surface area contributed by atoms with Crippen LogP contribution in [-0.4, -0.2) is 36.1 Å². The molecule has 0 fully saturated rings. The molecule has 106 valence electrons. The molecule has 0 saturated carbocycles. The number of carbonyl (C=O) groups is 1. The van der Waals surface area contributed by atoms with E-state index in [1.807, 2.05) is 30.5 Å². The molecule has 1 aromatic carbocycles. The first-order valence-electron chi connectivity index (χ1n) is 6.86. The van der Waals surface area contributed by atoms with Gasteiger partial charge in [0, 0.05) is 24.7 Å². The van der Waals surface area contributed by atoms with Crippen molar-refractivity contribution in [3.63, 3.8) is 0 Å². The molecule has 20 heavy (non-hydrogen) atoms. The highest BCUT2D eigenvalue weighted by Gasteiger charge is 2.09. The van der Waals surface area contributed by atoms with Gasteiger partial charge < -0.3 is 4.74 Å². The normalized spacial score (nSPS) is 10.9. The number of benzene rings is 1. The van der Waals surface area contributed by atoms with Crippen LogP contribution in [0.1, 0.15) is 18.9 Å². The van der Waals surface area contributed by atoms with Crippen molar-refractivity contribution < 1.29 is 9.53 Å². The Bertz CT molecular complexity index is 578. The SMILES string of the molecule is CCN(CCC(=O)OC)Cc1ccnc2ccccc12. The van der Waals surface area contributed by atoms with Gasteiger partial charge in [0.2, 0.25) is 0 Å². The maximum atomic E-state index is 11.2. The lowest BCUT2D eigenvalue weighted by molar-refractivity contribution is -0.141. The van der Waals surface area contributed by atoms with Crippen molar-refractivity contribution in [3.8, 4) is 0 Å². The van der Waals surface area contributed by atoms with Gasteiger partial charge in [-0.15, -0.1) is 0 Å². The molecule has 0 unspecified atom stereocenters. The van der Waals surface area contributed by atoms with E-state index in [2.05, 4.69) is 27.6 Å². The molecule has 4 heteroatoms. The van der Waals surface area contributed by atoms with Gasteiger partial charge in [-0.3, -0.25) is 14.7 Å². The van der Waals surface area contributed by atoms with E-state index in [1.165, 1.54) is 18.1 Å². The minimum Gasteiger partial charge on any atom is -0.469 e. The Labute approximate surface area is 119 Å². The van der Waals surface area contributed by atoms with Crippen LogP contribution in [0.2, 0.25) is 0 Å². The summed E-state index contributed by atoms with van der Waals surface area (Å²) in [6.45, 7) is 4.52. The zero-order chi connectivity index (χ0) is 14.4. The van der Waals surface area contributed by atoms with Gasteiger partial charge in [0.1, 0.15) is 0 Å². The summed E-state index contributed by atoms with van der Waals surface area (Å²) < 4.78 is 4.69. The van der Waals surface area contributed by atoms with E-state index in [0.29, 0.717) is 13.0 Å². The average Bonchev–Trinajstić information content (AvgIpc) is 2.51. The van der Waals surface area contributed by atoms with Gasteiger partial charge in [-0.1, -0.05) is 25.1 Å². The summed E-state index contributed by atoms with van der Waals surface area (Å²) in [6.07, 6.45) is 2.26. The summed E-state index contributed by atoms with van der Waals surface area (Å²) in [4.78, 5) is 17.8. The minimum absolute atomic E-state index is 0.164. The number of hydrogen-bond acceptors (Lipinski definition) is 4. The van der Waals surface area contributed by atoms with Crippen molar-refractivity contribution in [2.75, 3.05) is 20.2 Å². The number of pyridine rings is 1. The van der Waals surface area contributed by atoms with E-state index in [0.717, 1.165) is 18.6 Å². The van der Waals surface area contributed by atoms with Gasteiger partial charge in [-0.05, 0) is 24.2 Å². The molecule has 0 aliphatic carbocycles. The molecule has 0 spiro atoms. The predicted octanol–water partition coefficient (Wildman–Crippen LogP) is 2.62. The van der Waals surface area contributed by atoms with Crippen molar-refractivity contribution in [1.82, 2.24) is 9.88 Å². The lowest BCUT2D eigenvalue weighted by Crippen LogP contribution is -2.26. The summed E-state index contributed by atoms with van der Waals surface area (Å²) in [5, 5.41) is 1.17. The van der Waals surface area contributed by atoms with Gasteiger partial charge in [-0.25, -0.2) is 0 Å². The Morgan fingerprint density at radius 3 is 2.85 bits per heavy atom. The van der Waals surface area contributed by atoms with Crippen LogP contribution in [0.4, 0.5) is 0 Å². The van der Waals surface area contributed by atoms with Crippen LogP contribution in [0.3, 0.4) is 0 Å². The molecule has 0 aliphatic rings. The second-order valence-corrected chi connectivity index (χ2v) is 4.68. The Morgan fingerprint density at radius 2 is 2.10 bits per heavy atom. The third-order valence-corrected chi connectivity index (χ3v) is 3.44. The molecular formula is C16H20N2O2. The van der Waals surface area contributed by atoms with Crippen LogP contribution in [0.15, 0.2) is 36.5 Å². The van der Waals surface area contributed by atoms with Crippen molar-refractivity contribution in [2.24, 2.45) is 0 Å². The quantitative estimate of drug-likeness (QED) is 0.758. The van der Waals surface area contributed by atoms with Gasteiger partial charge >= 0.3 is 5.97 Å². The zero-order valence-corrected chi connectivity index (χ0v) is 12.0. The van der Waals surface area contributed by atoms with Gasteiger partial charge in [0.05, 0.1) is 19.0 Å². The molecule has 2 rings (SSSR count). The largest absolute Gasteiger partial charge is 0.469 e. The fourth-order valence-corrected chi connectivity index (χ4v) is 2.23. The lowest BCUT2D eigenvalue weighted by atomic mass is 10.1. The van der Waals surface area contributed by atoms with Crippen molar-refractivity contribution in [1.29, 1.82) is 0 Å². The molecule has 0 bridgehead atoms. The first kappa shape index (κ1) is 14.5.